The van der Waals surface area contributed by atoms with Crippen LogP contribution in [-0.4, -0.2) is 58.9 Å². The number of rotatable bonds is 6. The Morgan fingerprint density at radius 3 is 2.37 bits per heavy atom. The molecule has 0 bridgehead atoms. The van der Waals surface area contributed by atoms with Gasteiger partial charge in [0, 0.05) is 31.6 Å². The lowest BCUT2D eigenvalue weighted by molar-refractivity contribution is -0.147. The molecular formula is C19H24F2N2O4. The van der Waals surface area contributed by atoms with E-state index in [0.29, 0.717) is 25.5 Å². The molecule has 0 saturated carbocycles. The van der Waals surface area contributed by atoms with Crippen molar-refractivity contribution >= 4 is 17.8 Å². The SMILES string of the molecule is CC(C)CN(CC(=O)O)C(=O)C1CCN(C(=O)c2ccc(F)cc2F)CC1. The summed E-state index contributed by atoms with van der Waals surface area (Å²) in [5, 5.41) is 9.02. The summed E-state index contributed by atoms with van der Waals surface area (Å²) in [6, 6.07) is 2.81. The first-order chi connectivity index (χ1) is 12.7. The molecule has 8 heteroatoms. The van der Waals surface area contributed by atoms with E-state index >= 15 is 0 Å². The summed E-state index contributed by atoms with van der Waals surface area (Å²) in [4.78, 5) is 38.9. The summed E-state index contributed by atoms with van der Waals surface area (Å²) in [5.74, 6) is -3.74. The number of aliphatic carboxylic acids is 1. The van der Waals surface area contributed by atoms with Crippen LogP contribution in [-0.2, 0) is 9.59 Å². The van der Waals surface area contributed by atoms with Gasteiger partial charge in [0.2, 0.25) is 5.91 Å². The number of carbonyl (C=O) groups excluding carboxylic acids is 2. The van der Waals surface area contributed by atoms with Crippen LogP contribution in [0, 0.1) is 23.5 Å². The van der Waals surface area contributed by atoms with Gasteiger partial charge in [0.05, 0.1) is 5.56 Å². The first-order valence-corrected chi connectivity index (χ1v) is 8.94. The molecule has 148 valence electrons. The van der Waals surface area contributed by atoms with Gasteiger partial charge in [0.15, 0.2) is 0 Å². The zero-order valence-corrected chi connectivity index (χ0v) is 15.5. The summed E-state index contributed by atoms with van der Waals surface area (Å²) in [5.41, 5.74) is -0.200. The van der Waals surface area contributed by atoms with Crippen LogP contribution in [0.3, 0.4) is 0 Å². The average molecular weight is 382 g/mol. The number of hydrogen-bond donors (Lipinski definition) is 1. The number of carbonyl (C=O) groups is 3. The van der Waals surface area contributed by atoms with Crippen molar-refractivity contribution in [1.29, 1.82) is 0 Å². The van der Waals surface area contributed by atoms with Gasteiger partial charge >= 0.3 is 5.97 Å². The van der Waals surface area contributed by atoms with Gasteiger partial charge < -0.3 is 14.9 Å². The van der Waals surface area contributed by atoms with Gasteiger partial charge in [0.25, 0.3) is 5.91 Å². The third-order valence-corrected chi connectivity index (χ3v) is 4.52. The second kappa shape index (κ2) is 8.92. The molecule has 1 N–H and O–H groups in total. The minimum atomic E-state index is -1.07. The molecule has 1 aromatic carbocycles. The van der Waals surface area contributed by atoms with Crippen molar-refractivity contribution in [2.45, 2.75) is 26.7 Å². The van der Waals surface area contributed by atoms with Gasteiger partial charge in [-0.3, -0.25) is 14.4 Å². The van der Waals surface area contributed by atoms with E-state index in [9.17, 15) is 23.2 Å². The molecular weight excluding hydrogens is 358 g/mol. The third-order valence-electron chi connectivity index (χ3n) is 4.52. The maximum absolute atomic E-state index is 13.8. The largest absolute Gasteiger partial charge is 0.480 e. The molecule has 1 heterocycles. The fourth-order valence-corrected chi connectivity index (χ4v) is 3.26. The molecule has 0 aromatic heterocycles. The Balaban J connectivity index is 1.99. The summed E-state index contributed by atoms with van der Waals surface area (Å²) in [6.45, 7) is 4.33. The molecule has 0 unspecified atom stereocenters. The van der Waals surface area contributed by atoms with Crippen LogP contribution >= 0.6 is 0 Å². The Bertz CT molecular complexity index is 716. The number of likely N-dealkylation sites (tertiary alicyclic amines) is 1. The maximum atomic E-state index is 13.8. The fourth-order valence-electron chi connectivity index (χ4n) is 3.26. The molecule has 0 radical (unpaired) electrons. The molecule has 0 atom stereocenters. The van der Waals surface area contributed by atoms with E-state index < -0.39 is 23.5 Å². The van der Waals surface area contributed by atoms with Crippen LogP contribution in [0.1, 0.15) is 37.0 Å². The zero-order valence-electron chi connectivity index (χ0n) is 15.5. The van der Waals surface area contributed by atoms with E-state index in [1.807, 2.05) is 13.8 Å². The van der Waals surface area contributed by atoms with Crippen molar-refractivity contribution in [3.05, 3.63) is 35.4 Å². The molecule has 1 fully saturated rings. The molecule has 0 aliphatic carbocycles. The Labute approximate surface area is 156 Å². The van der Waals surface area contributed by atoms with Crippen LogP contribution in [0.4, 0.5) is 8.78 Å². The molecule has 2 rings (SSSR count). The number of nitrogens with zero attached hydrogens (tertiary/aromatic N) is 2. The predicted molar refractivity (Wildman–Crippen MR) is 94.0 cm³/mol. The molecule has 1 aliphatic heterocycles. The van der Waals surface area contributed by atoms with Crippen molar-refractivity contribution in [1.82, 2.24) is 9.80 Å². The van der Waals surface area contributed by atoms with Gasteiger partial charge in [0.1, 0.15) is 18.2 Å². The first kappa shape index (κ1) is 20.8. The maximum Gasteiger partial charge on any atom is 0.323 e. The van der Waals surface area contributed by atoms with E-state index in [1.165, 1.54) is 9.80 Å². The van der Waals surface area contributed by atoms with E-state index in [4.69, 9.17) is 5.11 Å². The Morgan fingerprint density at radius 1 is 1.22 bits per heavy atom. The van der Waals surface area contributed by atoms with Crippen molar-refractivity contribution in [2.75, 3.05) is 26.2 Å². The average Bonchev–Trinajstić information content (AvgIpc) is 2.59. The highest BCUT2D eigenvalue weighted by Gasteiger charge is 2.32. The van der Waals surface area contributed by atoms with Gasteiger partial charge in [-0.05, 0) is 30.9 Å². The van der Waals surface area contributed by atoms with Crippen molar-refractivity contribution in [3.63, 3.8) is 0 Å². The van der Waals surface area contributed by atoms with Crippen LogP contribution in [0.25, 0.3) is 0 Å². The third kappa shape index (κ3) is 5.48. The molecule has 6 nitrogen and oxygen atoms in total. The minimum Gasteiger partial charge on any atom is -0.480 e. The zero-order chi connectivity index (χ0) is 20.1. The highest BCUT2D eigenvalue weighted by atomic mass is 19.1. The molecule has 1 aliphatic rings. The van der Waals surface area contributed by atoms with Crippen LogP contribution < -0.4 is 0 Å². The molecule has 2 amide bonds. The highest BCUT2D eigenvalue weighted by Crippen LogP contribution is 2.22. The Hall–Kier alpha value is -2.51. The van der Waals surface area contributed by atoms with E-state index in [-0.39, 0.29) is 42.9 Å². The standard InChI is InChI=1S/C19H24F2N2O4/c1-12(2)10-23(11-17(24)25)18(26)13-5-7-22(8-6-13)19(27)15-4-3-14(20)9-16(15)21/h3-4,9,12-13H,5-8,10-11H2,1-2H3,(H,24,25). The van der Waals surface area contributed by atoms with E-state index in [1.54, 1.807) is 0 Å². The lowest BCUT2D eigenvalue weighted by Crippen LogP contribution is -2.46. The number of amides is 2. The Kier molecular flexibility index (Phi) is 6.87. The predicted octanol–water partition coefficient (Wildman–Crippen LogP) is 2.39. The number of hydrogen-bond acceptors (Lipinski definition) is 3. The number of benzene rings is 1. The number of piperidine rings is 1. The van der Waals surface area contributed by atoms with Crippen molar-refractivity contribution < 1.29 is 28.3 Å². The van der Waals surface area contributed by atoms with Gasteiger partial charge in [-0.1, -0.05) is 13.8 Å². The van der Waals surface area contributed by atoms with Gasteiger partial charge in [-0.25, -0.2) is 8.78 Å². The first-order valence-electron chi connectivity index (χ1n) is 8.94. The highest BCUT2D eigenvalue weighted by molar-refractivity contribution is 5.94. The molecule has 0 spiro atoms. The van der Waals surface area contributed by atoms with Crippen LogP contribution in [0.5, 0.6) is 0 Å². The number of carboxylic acid groups (broad SMARTS) is 1. The van der Waals surface area contributed by atoms with Crippen LogP contribution in [0.2, 0.25) is 0 Å². The second-order valence-corrected chi connectivity index (χ2v) is 7.20. The molecule has 1 aromatic rings. The summed E-state index contributed by atoms with van der Waals surface area (Å²) < 4.78 is 26.8. The van der Waals surface area contributed by atoms with Crippen molar-refractivity contribution in [3.8, 4) is 0 Å². The number of carboxylic acids is 1. The second-order valence-electron chi connectivity index (χ2n) is 7.20. The lowest BCUT2D eigenvalue weighted by Gasteiger charge is -2.34. The van der Waals surface area contributed by atoms with E-state index in [2.05, 4.69) is 0 Å². The van der Waals surface area contributed by atoms with Crippen LogP contribution in [0.15, 0.2) is 18.2 Å². The van der Waals surface area contributed by atoms with Gasteiger partial charge in [-0.2, -0.15) is 0 Å². The van der Waals surface area contributed by atoms with E-state index in [0.717, 1.165) is 12.1 Å². The monoisotopic (exact) mass is 382 g/mol. The van der Waals surface area contributed by atoms with Gasteiger partial charge in [-0.15, -0.1) is 0 Å². The quantitative estimate of drug-likeness (QED) is 0.820. The van der Waals surface area contributed by atoms with Crippen molar-refractivity contribution in [2.24, 2.45) is 11.8 Å². The summed E-state index contributed by atoms with van der Waals surface area (Å²) in [7, 11) is 0. The molecule has 1 saturated heterocycles. The molecule has 27 heavy (non-hydrogen) atoms. The topological polar surface area (TPSA) is 77.9 Å². The summed E-state index contributed by atoms with van der Waals surface area (Å²) >= 11 is 0. The fraction of sp³-hybridized carbons (Fsp3) is 0.526. The minimum absolute atomic E-state index is 0.136. The lowest BCUT2D eigenvalue weighted by atomic mass is 9.94. The smallest absolute Gasteiger partial charge is 0.323 e. The number of halogens is 2. The Morgan fingerprint density at radius 2 is 1.85 bits per heavy atom. The summed E-state index contributed by atoms with van der Waals surface area (Å²) in [6.07, 6.45) is 0.753. The normalized spacial score (nSPS) is 15.1.